The average Bonchev–Trinajstić information content (AvgIpc) is 3.49. The van der Waals surface area contributed by atoms with Crippen LogP contribution in [0.3, 0.4) is 0 Å². The summed E-state index contributed by atoms with van der Waals surface area (Å²) >= 11 is 6.24. The molecule has 0 saturated heterocycles. The Bertz CT molecular complexity index is 947. The summed E-state index contributed by atoms with van der Waals surface area (Å²) in [7, 11) is 1.76. The third-order valence-electron chi connectivity index (χ3n) is 5.00. The summed E-state index contributed by atoms with van der Waals surface area (Å²) in [5.41, 5.74) is 0.938. The predicted octanol–water partition coefficient (Wildman–Crippen LogP) is 3.14. The zero-order chi connectivity index (χ0) is 19.0. The highest BCUT2D eigenvalue weighted by molar-refractivity contribution is 6.30. The van der Waals surface area contributed by atoms with Gasteiger partial charge in [0.25, 0.3) is 0 Å². The van der Waals surface area contributed by atoms with Gasteiger partial charge in [-0.2, -0.15) is 4.73 Å². The average molecular weight is 384 g/mol. The lowest BCUT2D eigenvalue weighted by molar-refractivity contribution is -0.605. The van der Waals surface area contributed by atoms with E-state index >= 15 is 0 Å². The molecule has 1 saturated carbocycles. The molecule has 2 aliphatic rings. The molecule has 1 atom stereocenters. The Hall–Kier alpha value is -2.91. The van der Waals surface area contributed by atoms with Gasteiger partial charge in [-0.05, 0) is 37.0 Å². The topological polar surface area (TPSA) is 68.5 Å². The monoisotopic (exact) mass is 383 g/mol. The van der Waals surface area contributed by atoms with Gasteiger partial charge in [-0.25, -0.2) is 4.79 Å². The molecule has 1 aliphatic carbocycles. The quantitative estimate of drug-likeness (QED) is 0.503. The zero-order valence-corrected chi connectivity index (χ0v) is 15.5. The van der Waals surface area contributed by atoms with Gasteiger partial charge in [0.1, 0.15) is 17.9 Å². The molecular weight excluding hydrogens is 366 g/mol. The SMILES string of the molecule is CN1C(=O)Nc2ccc(Cl)cc2C1(C#CCOc1cc[n+]([O-])cc1)C1CC1. The molecule has 4 rings (SSSR count). The molecule has 1 N–H and O–H groups in total. The maximum atomic E-state index is 12.5. The smallest absolute Gasteiger partial charge is 0.323 e. The summed E-state index contributed by atoms with van der Waals surface area (Å²) in [4.78, 5) is 14.2. The Morgan fingerprint density at radius 2 is 2.11 bits per heavy atom. The maximum absolute atomic E-state index is 12.5. The molecule has 0 spiro atoms. The first kappa shape index (κ1) is 17.5. The lowest BCUT2D eigenvalue weighted by Gasteiger charge is -2.43. The van der Waals surface area contributed by atoms with Crippen LogP contribution in [0, 0.1) is 23.0 Å². The minimum atomic E-state index is -0.722. The molecule has 1 fully saturated rings. The number of carbonyl (C=O) groups excluding carboxylic acids is 1. The van der Waals surface area contributed by atoms with Crippen molar-refractivity contribution in [3.8, 4) is 17.6 Å². The normalized spacial score (nSPS) is 21.0. The number of hydrogen-bond donors (Lipinski definition) is 1. The molecule has 1 unspecified atom stereocenters. The summed E-state index contributed by atoms with van der Waals surface area (Å²) in [5, 5.41) is 14.6. The molecule has 2 aromatic rings. The Balaban J connectivity index is 1.66. The molecule has 7 heteroatoms. The molecule has 1 aromatic carbocycles. The van der Waals surface area contributed by atoms with E-state index in [1.807, 2.05) is 12.1 Å². The number of halogens is 1. The Labute approximate surface area is 162 Å². The molecule has 27 heavy (non-hydrogen) atoms. The van der Waals surface area contributed by atoms with Gasteiger partial charge in [0.15, 0.2) is 12.4 Å². The van der Waals surface area contributed by atoms with Crippen LogP contribution in [0.2, 0.25) is 5.02 Å². The van der Waals surface area contributed by atoms with Crippen LogP contribution >= 0.6 is 11.6 Å². The number of urea groups is 1. The van der Waals surface area contributed by atoms with Crippen LogP contribution in [0.4, 0.5) is 10.5 Å². The molecule has 1 aromatic heterocycles. The number of aromatic nitrogens is 1. The minimum absolute atomic E-state index is 0.155. The second-order valence-corrected chi connectivity index (χ2v) is 7.14. The number of nitrogens with one attached hydrogen (secondary N) is 1. The molecule has 2 heterocycles. The highest BCUT2D eigenvalue weighted by Crippen LogP contribution is 2.52. The van der Waals surface area contributed by atoms with Crippen molar-refractivity contribution < 1.29 is 14.3 Å². The van der Waals surface area contributed by atoms with Crippen molar-refractivity contribution in [2.24, 2.45) is 5.92 Å². The first-order chi connectivity index (χ1) is 13.0. The molecular formula is C20H18ClN3O3. The molecule has 2 amide bonds. The number of ether oxygens (including phenoxy) is 1. The fraction of sp³-hybridized carbons (Fsp3) is 0.300. The number of nitrogens with zero attached hydrogens (tertiary/aromatic N) is 2. The van der Waals surface area contributed by atoms with Crippen LogP contribution in [0.15, 0.2) is 42.7 Å². The number of anilines is 1. The number of pyridine rings is 1. The van der Waals surface area contributed by atoms with Crippen LogP contribution in [0.25, 0.3) is 0 Å². The van der Waals surface area contributed by atoms with E-state index in [-0.39, 0.29) is 18.6 Å². The minimum Gasteiger partial charge on any atom is -0.619 e. The van der Waals surface area contributed by atoms with E-state index < -0.39 is 5.54 Å². The van der Waals surface area contributed by atoms with Crippen molar-refractivity contribution in [1.82, 2.24) is 4.90 Å². The third-order valence-corrected chi connectivity index (χ3v) is 5.23. The van der Waals surface area contributed by atoms with E-state index in [0.717, 1.165) is 24.1 Å². The van der Waals surface area contributed by atoms with Gasteiger partial charge in [0.2, 0.25) is 0 Å². The van der Waals surface area contributed by atoms with Crippen LogP contribution in [-0.4, -0.2) is 24.6 Å². The van der Waals surface area contributed by atoms with Crippen molar-refractivity contribution in [3.63, 3.8) is 0 Å². The largest absolute Gasteiger partial charge is 0.619 e. The summed E-state index contributed by atoms with van der Waals surface area (Å²) in [6, 6.07) is 8.44. The fourth-order valence-electron chi connectivity index (χ4n) is 3.51. The first-order valence-corrected chi connectivity index (χ1v) is 9.05. The molecule has 0 radical (unpaired) electrons. The molecule has 6 nitrogen and oxygen atoms in total. The number of rotatable bonds is 3. The first-order valence-electron chi connectivity index (χ1n) is 8.67. The van der Waals surface area contributed by atoms with E-state index in [0.29, 0.717) is 15.5 Å². The zero-order valence-electron chi connectivity index (χ0n) is 14.7. The fourth-order valence-corrected chi connectivity index (χ4v) is 3.69. The van der Waals surface area contributed by atoms with Gasteiger partial charge in [-0.3, -0.25) is 0 Å². The molecule has 138 valence electrons. The van der Waals surface area contributed by atoms with Crippen molar-refractivity contribution in [2.45, 2.75) is 18.4 Å². The Kier molecular flexibility index (Phi) is 4.33. The lowest BCUT2D eigenvalue weighted by Crippen LogP contribution is -2.53. The van der Waals surface area contributed by atoms with Crippen LogP contribution in [0.1, 0.15) is 18.4 Å². The summed E-state index contributed by atoms with van der Waals surface area (Å²) < 4.78 is 6.29. The number of amides is 2. The summed E-state index contributed by atoms with van der Waals surface area (Å²) in [6.07, 6.45) is 4.74. The standard InChI is InChI=1S/C20H18ClN3O3/c1-23-19(25)22-18-6-5-15(21)13-17(18)20(23,14-3-4-14)9-2-12-27-16-7-10-24(26)11-8-16/h5-8,10-11,13-14H,3-4,12H2,1H3,(H,22,25). The van der Waals surface area contributed by atoms with Gasteiger partial charge in [-0.15, -0.1) is 0 Å². The van der Waals surface area contributed by atoms with E-state index in [2.05, 4.69) is 17.2 Å². The predicted molar refractivity (Wildman–Crippen MR) is 101 cm³/mol. The molecule has 0 bridgehead atoms. The number of fused-ring (bicyclic) bond motifs is 1. The van der Waals surface area contributed by atoms with E-state index in [1.54, 1.807) is 30.1 Å². The van der Waals surface area contributed by atoms with E-state index in [9.17, 15) is 10.0 Å². The van der Waals surface area contributed by atoms with Gasteiger partial charge in [0.05, 0.1) is 0 Å². The highest BCUT2D eigenvalue weighted by Gasteiger charge is 2.53. The van der Waals surface area contributed by atoms with Gasteiger partial charge < -0.3 is 20.2 Å². The number of benzene rings is 1. The van der Waals surface area contributed by atoms with Crippen molar-refractivity contribution >= 4 is 23.3 Å². The van der Waals surface area contributed by atoms with Crippen molar-refractivity contribution in [2.75, 3.05) is 19.0 Å². The summed E-state index contributed by atoms with van der Waals surface area (Å²) in [6.45, 7) is 0.155. The lowest BCUT2D eigenvalue weighted by atomic mass is 9.81. The third kappa shape index (κ3) is 3.15. The Morgan fingerprint density at radius 1 is 1.37 bits per heavy atom. The van der Waals surface area contributed by atoms with Crippen LogP contribution < -0.4 is 14.8 Å². The van der Waals surface area contributed by atoms with Gasteiger partial charge in [-0.1, -0.05) is 23.4 Å². The van der Waals surface area contributed by atoms with E-state index in [1.165, 1.54) is 12.4 Å². The van der Waals surface area contributed by atoms with E-state index in [4.69, 9.17) is 16.3 Å². The second-order valence-electron chi connectivity index (χ2n) is 6.70. The number of carbonyl (C=O) groups is 1. The Morgan fingerprint density at radius 3 is 2.81 bits per heavy atom. The summed E-state index contributed by atoms with van der Waals surface area (Å²) in [5.74, 6) is 7.20. The number of hydrogen-bond acceptors (Lipinski definition) is 3. The van der Waals surface area contributed by atoms with Crippen molar-refractivity contribution in [1.29, 1.82) is 0 Å². The van der Waals surface area contributed by atoms with Crippen LogP contribution in [0.5, 0.6) is 5.75 Å². The molecule has 1 aliphatic heterocycles. The van der Waals surface area contributed by atoms with Gasteiger partial charge in [0, 0.05) is 35.5 Å². The second kappa shape index (κ2) is 6.67. The van der Waals surface area contributed by atoms with Crippen molar-refractivity contribution in [3.05, 3.63) is 58.5 Å². The van der Waals surface area contributed by atoms with Gasteiger partial charge >= 0.3 is 6.03 Å². The maximum Gasteiger partial charge on any atom is 0.323 e. The highest BCUT2D eigenvalue weighted by atomic mass is 35.5. The van der Waals surface area contributed by atoms with Crippen LogP contribution in [-0.2, 0) is 5.54 Å².